The highest BCUT2D eigenvalue weighted by atomic mass is 35.5. The maximum absolute atomic E-state index is 13.0. The van der Waals surface area contributed by atoms with Crippen LogP contribution in [0.4, 0.5) is 61.5 Å². The van der Waals surface area contributed by atoms with E-state index in [1.807, 2.05) is 0 Å². The third kappa shape index (κ3) is 3.28. The summed E-state index contributed by atoms with van der Waals surface area (Å²) >= 11 is 3.55. The highest BCUT2D eigenvalue weighted by Gasteiger charge is 2.88. The Hall–Kier alpha value is -0.730. The summed E-state index contributed by atoms with van der Waals surface area (Å²) in [6, 6.07) is -7.69. The zero-order chi connectivity index (χ0) is 18.6. The highest BCUT2D eigenvalue weighted by Crippen LogP contribution is 2.60. The first kappa shape index (κ1) is 21.3. The molecule has 0 aromatic carbocycles. The average molecular weight is 387 g/mol. The van der Waals surface area contributed by atoms with Crippen LogP contribution in [0.2, 0.25) is 0 Å². The predicted molar refractivity (Wildman–Crippen MR) is 39.6 cm³/mol. The van der Waals surface area contributed by atoms with Crippen LogP contribution < -0.4 is 0 Å². The number of halogens is 15. The summed E-state index contributed by atoms with van der Waals surface area (Å²) in [6.45, 7) is 0. The van der Waals surface area contributed by atoms with E-state index in [-0.39, 0.29) is 0 Å². The van der Waals surface area contributed by atoms with E-state index in [0.717, 1.165) is 0 Å². The fourth-order valence-electron chi connectivity index (χ4n) is 1.12. The molecule has 0 aliphatic carbocycles. The Balaban J connectivity index is 6.58. The standard InChI is InChI=1S/C6ClF14N/c7-1(2(8,9)10,3(11,12)13)4(14,15)22(5(16,17)18)6(19,20)21. The molecule has 16 heteroatoms. The van der Waals surface area contributed by atoms with Crippen LogP contribution in [0.1, 0.15) is 0 Å². The smallest absolute Gasteiger partial charge is 0.185 e. The van der Waals surface area contributed by atoms with Crippen LogP contribution in [0.3, 0.4) is 0 Å². The van der Waals surface area contributed by atoms with Gasteiger partial charge in [0.1, 0.15) is 0 Å². The largest absolute Gasteiger partial charge is 0.471 e. The number of alkyl halides is 15. The molecule has 0 aromatic rings. The first-order valence-electron chi connectivity index (χ1n) is 4.26. The van der Waals surface area contributed by atoms with E-state index >= 15 is 0 Å². The number of nitrogens with zero attached hydrogens (tertiary/aromatic N) is 1. The molecule has 0 aliphatic heterocycles. The third-order valence-electron chi connectivity index (χ3n) is 1.98. The first-order valence-corrected chi connectivity index (χ1v) is 4.63. The molecule has 0 fully saturated rings. The minimum atomic E-state index is -7.69. The Morgan fingerprint density at radius 3 is 0.864 bits per heavy atom. The Morgan fingerprint density at radius 1 is 0.500 bits per heavy atom. The number of hydrogen-bond acceptors (Lipinski definition) is 1. The summed E-state index contributed by atoms with van der Waals surface area (Å²) in [7, 11) is 0. The van der Waals surface area contributed by atoms with Gasteiger partial charge in [0.2, 0.25) is 0 Å². The number of hydrogen-bond donors (Lipinski definition) is 0. The normalized spacial score (nSPS) is 16.4. The van der Waals surface area contributed by atoms with E-state index in [2.05, 4.69) is 11.6 Å². The molecular formula is C6ClF14N. The summed E-state index contributed by atoms with van der Waals surface area (Å²) in [4.78, 5) is -11.3. The molecule has 0 N–H and O–H groups in total. The molecule has 0 radical (unpaired) electrons. The van der Waals surface area contributed by atoms with Crippen LogP contribution in [-0.2, 0) is 0 Å². The van der Waals surface area contributed by atoms with Gasteiger partial charge in [-0.2, -0.15) is 61.5 Å². The van der Waals surface area contributed by atoms with Gasteiger partial charge in [-0.1, -0.05) is 16.5 Å². The second-order valence-corrected chi connectivity index (χ2v) is 4.03. The van der Waals surface area contributed by atoms with E-state index in [1.54, 1.807) is 0 Å². The van der Waals surface area contributed by atoms with Crippen molar-refractivity contribution in [3.05, 3.63) is 0 Å². The molecule has 0 unspecified atom stereocenters. The van der Waals surface area contributed by atoms with Crippen molar-refractivity contribution in [1.29, 1.82) is 0 Å². The van der Waals surface area contributed by atoms with E-state index in [1.165, 1.54) is 0 Å². The van der Waals surface area contributed by atoms with Gasteiger partial charge >= 0.3 is 35.9 Å². The van der Waals surface area contributed by atoms with E-state index in [4.69, 9.17) is 0 Å². The molecule has 0 heterocycles. The average Bonchev–Trinajstić information content (AvgIpc) is 2.05. The lowest BCUT2D eigenvalue weighted by Gasteiger charge is -2.43. The van der Waals surface area contributed by atoms with Crippen LogP contribution in [0.25, 0.3) is 0 Å². The molecule has 0 saturated heterocycles. The lowest BCUT2D eigenvalue weighted by Crippen LogP contribution is -2.73. The lowest BCUT2D eigenvalue weighted by atomic mass is 10.0. The molecule has 0 aliphatic rings. The van der Waals surface area contributed by atoms with Crippen molar-refractivity contribution in [3.8, 4) is 0 Å². The van der Waals surface area contributed by atoms with Gasteiger partial charge in [0.05, 0.1) is 0 Å². The Kier molecular flexibility index (Phi) is 4.97. The second-order valence-electron chi connectivity index (χ2n) is 3.47. The van der Waals surface area contributed by atoms with Crippen molar-refractivity contribution in [2.24, 2.45) is 0 Å². The maximum Gasteiger partial charge on any atom is 0.471 e. The minimum absolute atomic E-state index is 3.55. The molecule has 0 rings (SSSR count). The summed E-state index contributed by atoms with van der Waals surface area (Å²) in [5.74, 6) is 0. The molecule has 0 aromatic heterocycles. The fraction of sp³-hybridized carbons (Fsp3) is 1.00. The van der Waals surface area contributed by atoms with E-state index in [0.29, 0.717) is 0 Å². The van der Waals surface area contributed by atoms with Gasteiger partial charge in [-0.15, -0.1) is 0 Å². The van der Waals surface area contributed by atoms with Crippen molar-refractivity contribution in [2.45, 2.75) is 35.9 Å². The van der Waals surface area contributed by atoms with Crippen LogP contribution in [0.15, 0.2) is 0 Å². The van der Waals surface area contributed by atoms with Gasteiger partial charge in [0.25, 0.3) is 0 Å². The summed E-state index contributed by atoms with van der Waals surface area (Å²) < 4.78 is 171. The van der Waals surface area contributed by atoms with Gasteiger partial charge in [-0.05, 0) is 0 Å². The van der Waals surface area contributed by atoms with E-state index < -0.39 is 40.8 Å². The molecule has 1 nitrogen and oxygen atoms in total. The lowest BCUT2D eigenvalue weighted by molar-refractivity contribution is -0.469. The Morgan fingerprint density at radius 2 is 0.727 bits per heavy atom. The monoisotopic (exact) mass is 387 g/mol. The van der Waals surface area contributed by atoms with Gasteiger partial charge < -0.3 is 0 Å². The quantitative estimate of drug-likeness (QED) is 0.365. The molecule has 22 heavy (non-hydrogen) atoms. The van der Waals surface area contributed by atoms with Gasteiger partial charge in [-0.25, -0.2) is 0 Å². The Bertz CT molecular complexity index is 370. The second kappa shape index (κ2) is 5.14. The van der Waals surface area contributed by atoms with Crippen LogP contribution in [0, 0.1) is 0 Å². The molecular weight excluding hydrogens is 387 g/mol. The van der Waals surface area contributed by atoms with Gasteiger partial charge in [0, 0.05) is 0 Å². The van der Waals surface area contributed by atoms with Gasteiger partial charge in [-0.3, -0.25) is 0 Å². The molecule has 0 amide bonds. The predicted octanol–water partition coefficient (Wildman–Crippen LogP) is 5.02. The number of rotatable bonds is 2. The SMILES string of the molecule is FC(F)(F)N(C(F)(F)F)C(F)(F)C(Cl)(C(F)(F)F)C(F)(F)F. The molecule has 0 saturated carbocycles. The summed E-state index contributed by atoms with van der Waals surface area (Å²) in [5, 5.41) is 0. The van der Waals surface area contributed by atoms with Crippen LogP contribution in [0.5, 0.6) is 0 Å². The first-order chi connectivity index (χ1) is 9.12. The molecule has 0 spiro atoms. The van der Waals surface area contributed by atoms with Gasteiger partial charge in [0.15, 0.2) is 0 Å². The van der Waals surface area contributed by atoms with Crippen molar-refractivity contribution in [1.82, 2.24) is 4.90 Å². The minimum Gasteiger partial charge on any atom is -0.185 e. The molecule has 134 valence electrons. The van der Waals surface area contributed by atoms with Crippen molar-refractivity contribution < 1.29 is 61.5 Å². The summed E-state index contributed by atoms with van der Waals surface area (Å²) in [5.41, 5.74) is 0. The van der Waals surface area contributed by atoms with Crippen LogP contribution in [-0.4, -0.2) is 40.8 Å². The Labute approximate surface area is 115 Å². The molecule has 0 atom stereocenters. The zero-order valence-electron chi connectivity index (χ0n) is 9.12. The maximum atomic E-state index is 13.0. The van der Waals surface area contributed by atoms with E-state index in [9.17, 15) is 61.5 Å². The topological polar surface area (TPSA) is 3.24 Å². The fourth-order valence-corrected chi connectivity index (χ4v) is 1.20. The van der Waals surface area contributed by atoms with Crippen molar-refractivity contribution in [2.75, 3.05) is 0 Å². The highest BCUT2D eigenvalue weighted by molar-refractivity contribution is 6.26. The molecule has 0 bridgehead atoms. The zero-order valence-corrected chi connectivity index (χ0v) is 9.87. The van der Waals surface area contributed by atoms with Crippen molar-refractivity contribution >= 4 is 11.6 Å². The van der Waals surface area contributed by atoms with Crippen LogP contribution >= 0.6 is 11.6 Å². The van der Waals surface area contributed by atoms with Crippen molar-refractivity contribution in [3.63, 3.8) is 0 Å². The third-order valence-corrected chi connectivity index (χ3v) is 2.64. The summed E-state index contributed by atoms with van der Waals surface area (Å²) in [6.07, 6.45) is -29.5.